The van der Waals surface area contributed by atoms with Crippen molar-refractivity contribution in [1.82, 2.24) is 0 Å². The third kappa shape index (κ3) is 4.06. The summed E-state index contributed by atoms with van der Waals surface area (Å²) in [6.45, 7) is 2.55. The molecule has 0 saturated carbocycles. The smallest absolute Gasteiger partial charge is 0.371 e. The van der Waals surface area contributed by atoms with Crippen LogP contribution in [0.3, 0.4) is 0 Å². The van der Waals surface area contributed by atoms with E-state index in [2.05, 4.69) is 0 Å². The Morgan fingerprint density at radius 1 is 1.37 bits per heavy atom. The summed E-state index contributed by atoms with van der Waals surface area (Å²) in [7, 11) is 0. The Kier molecular flexibility index (Phi) is 4.52. The van der Waals surface area contributed by atoms with Crippen LogP contribution in [0, 0.1) is 6.92 Å². The molecule has 1 aromatic heterocycles. The van der Waals surface area contributed by atoms with E-state index in [9.17, 15) is 4.79 Å². The van der Waals surface area contributed by atoms with Gasteiger partial charge in [0.2, 0.25) is 5.76 Å². The fourth-order valence-electron chi connectivity index (χ4n) is 1.52. The Hall–Kier alpha value is -1.88. The van der Waals surface area contributed by atoms with Crippen LogP contribution in [0.2, 0.25) is 0 Å². The third-order valence-electron chi connectivity index (χ3n) is 2.38. The van der Waals surface area contributed by atoms with Crippen molar-refractivity contribution in [1.29, 1.82) is 0 Å². The van der Waals surface area contributed by atoms with Crippen LogP contribution in [0.1, 0.15) is 16.1 Å². The van der Waals surface area contributed by atoms with Crippen LogP contribution in [0.15, 0.2) is 45.9 Å². The highest BCUT2D eigenvalue weighted by Gasteiger charge is 2.08. The molecule has 0 aliphatic rings. The molecule has 1 aromatic carbocycles. The molecule has 0 aliphatic carbocycles. The minimum absolute atomic E-state index is 0.0397. The van der Waals surface area contributed by atoms with Gasteiger partial charge in [0.05, 0.1) is 6.61 Å². The molecule has 0 bridgehead atoms. The van der Waals surface area contributed by atoms with E-state index in [4.69, 9.17) is 14.3 Å². The van der Waals surface area contributed by atoms with Gasteiger partial charge in [0.1, 0.15) is 5.75 Å². The van der Waals surface area contributed by atoms with Gasteiger partial charge < -0.3 is 14.3 Å². The summed E-state index contributed by atoms with van der Waals surface area (Å²) >= 11 is 1.43. The maximum absolute atomic E-state index is 10.6. The normalized spacial score (nSPS) is 10.4. The monoisotopic (exact) mass is 278 g/mol. The maximum Gasteiger partial charge on any atom is 0.371 e. The Morgan fingerprint density at radius 3 is 2.89 bits per heavy atom. The van der Waals surface area contributed by atoms with E-state index in [0.717, 1.165) is 11.3 Å². The summed E-state index contributed by atoms with van der Waals surface area (Å²) in [5.41, 5.74) is 1.15. The van der Waals surface area contributed by atoms with Gasteiger partial charge in [0.15, 0.2) is 5.09 Å². The second kappa shape index (κ2) is 6.33. The highest BCUT2D eigenvalue weighted by Crippen LogP contribution is 2.21. The lowest BCUT2D eigenvalue weighted by Crippen LogP contribution is -1.99. The molecule has 0 aliphatic heterocycles. The summed E-state index contributed by atoms with van der Waals surface area (Å²) in [6, 6.07) is 10.9. The van der Waals surface area contributed by atoms with Gasteiger partial charge in [-0.3, -0.25) is 0 Å². The lowest BCUT2D eigenvalue weighted by Gasteiger charge is -2.05. The lowest BCUT2D eigenvalue weighted by atomic mass is 10.2. The molecule has 0 saturated heterocycles. The highest BCUT2D eigenvalue weighted by molar-refractivity contribution is 7.99. The Bertz CT molecular complexity index is 562. The molecule has 1 heterocycles. The van der Waals surface area contributed by atoms with Crippen LogP contribution in [0.4, 0.5) is 0 Å². The zero-order chi connectivity index (χ0) is 13.7. The van der Waals surface area contributed by atoms with Crippen molar-refractivity contribution in [2.45, 2.75) is 12.0 Å². The second-order valence-corrected chi connectivity index (χ2v) is 5.04. The van der Waals surface area contributed by atoms with Gasteiger partial charge in [-0.05, 0) is 36.8 Å². The molecule has 2 rings (SSSR count). The SMILES string of the molecule is Cc1cccc(OCCSc2ccc(C(=O)O)o2)c1. The maximum atomic E-state index is 10.6. The molecule has 0 spiro atoms. The topological polar surface area (TPSA) is 59.7 Å². The van der Waals surface area contributed by atoms with Gasteiger partial charge in [-0.25, -0.2) is 4.79 Å². The highest BCUT2D eigenvalue weighted by atomic mass is 32.2. The van der Waals surface area contributed by atoms with Crippen LogP contribution in [-0.4, -0.2) is 23.4 Å². The first-order valence-corrected chi connectivity index (χ1v) is 6.79. The van der Waals surface area contributed by atoms with Gasteiger partial charge in [0.25, 0.3) is 0 Å². The van der Waals surface area contributed by atoms with Gasteiger partial charge in [-0.15, -0.1) is 0 Å². The molecule has 5 heteroatoms. The Labute approximate surface area is 115 Å². The van der Waals surface area contributed by atoms with E-state index in [1.165, 1.54) is 17.8 Å². The number of carboxylic acids is 1. The molecular formula is C14H14O4S. The second-order valence-electron chi connectivity index (χ2n) is 3.94. The average Bonchev–Trinajstić information content (AvgIpc) is 2.84. The Morgan fingerprint density at radius 2 is 2.21 bits per heavy atom. The third-order valence-corrected chi connectivity index (χ3v) is 3.25. The van der Waals surface area contributed by atoms with Crippen molar-refractivity contribution in [2.24, 2.45) is 0 Å². The summed E-state index contributed by atoms with van der Waals surface area (Å²) < 4.78 is 10.7. The van der Waals surface area contributed by atoms with E-state index in [1.807, 2.05) is 31.2 Å². The van der Waals surface area contributed by atoms with Crippen LogP contribution in [0.25, 0.3) is 0 Å². The number of hydrogen-bond acceptors (Lipinski definition) is 4. The first-order valence-electron chi connectivity index (χ1n) is 5.80. The van der Waals surface area contributed by atoms with E-state index >= 15 is 0 Å². The zero-order valence-corrected chi connectivity index (χ0v) is 11.3. The van der Waals surface area contributed by atoms with Gasteiger partial charge in [-0.2, -0.15) is 0 Å². The largest absolute Gasteiger partial charge is 0.493 e. The van der Waals surface area contributed by atoms with Crippen LogP contribution >= 0.6 is 11.8 Å². The number of rotatable bonds is 6. The first kappa shape index (κ1) is 13.5. The van der Waals surface area contributed by atoms with Crippen molar-refractivity contribution in [3.63, 3.8) is 0 Å². The lowest BCUT2D eigenvalue weighted by molar-refractivity contribution is 0.0656. The number of carboxylic acid groups (broad SMARTS) is 1. The van der Waals surface area contributed by atoms with Crippen molar-refractivity contribution in [2.75, 3.05) is 12.4 Å². The molecule has 0 amide bonds. The fraction of sp³-hybridized carbons (Fsp3) is 0.214. The van der Waals surface area contributed by atoms with Crippen molar-refractivity contribution in [3.8, 4) is 5.75 Å². The molecule has 0 unspecified atom stereocenters. The average molecular weight is 278 g/mol. The molecule has 4 nitrogen and oxygen atoms in total. The minimum atomic E-state index is -1.05. The number of thioether (sulfide) groups is 1. The molecule has 0 fully saturated rings. The van der Waals surface area contributed by atoms with Crippen LogP contribution in [0.5, 0.6) is 5.75 Å². The van der Waals surface area contributed by atoms with E-state index in [-0.39, 0.29) is 5.76 Å². The molecule has 19 heavy (non-hydrogen) atoms. The van der Waals surface area contributed by atoms with Crippen LogP contribution < -0.4 is 4.74 Å². The standard InChI is InChI=1S/C14H14O4S/c1-10-3-2-4-11(9-10)17-7-8-19-13-6-5-12(18-13)14(15)16/h2-6,9H,7-8H2,1H3,(H,15,16). The van der Waals surface area contributed by atoms with Crippen molar-refractivity contribution in [3.05, 3.63) is 47.7 Å². The summed E-state index contributed by atoms with van der Waals surface area (Å²) in [5.74, 6) is 0.441. The van der Waals surface area contributed by atoms with E-state index < -0.39 is 5.97 Å². The summed E-state index contributed by atoms with van der Waals surface area (Å²) in [6.07, 6.45) is 0. The molecule has 100 valence electrons. The predicted molar refractivity (Wildman–Crippen MR) is 73.1 cm³/mol. The molecule has 0 radical (unpaired) electrons. The Balaban J connectivity index is 1.76. The number of ether oxygens (including phenoxy) is 1. The predicted octanol–water partition coefficient (Wildman–Crippen LogP) is 3.46. The van der Waals surface area contributed by atoms with Crippen molar-refractivity contribution >= 4 is 17.7 Å². The number of aromatic carboxylic acids is 1. The van der Waals surface area contributed by atoms with Gasteiger partial charge in [-0.1, -0.05) is 23.9 Å². The molecule has 0 atom stereocenters. The van der Waals surface area contributed by atoms with Crippen molar-refractivity contribution < 1.29 is 19.1 Å². The number of carbonyl (C=O) groups is 1. The van der Waals surface area contributed by atoms with E-state index in [0.29, 0.717) is 17.5 Å². The summed E-state index contributed by atoms with van der Waals surface area (Å²) in [5, 5.41) is 9.30. The van der Waals surface area contributed by atoms with Gasteiger partial charge >= 0.3 is 5.97 Å². The first-order chi connectivity index (χ1) is 9.15. The minimum Gasteiger partial charge on any atom is -0.493 e. The van der Waals surface area contributed by atoms with E-state index in [1.54, 1.807) is 6.07 Å². The fourth-order valence-corrected chi connectivity index (χ4v) is 2.20. The number of aryl methyl sites for hydroxylation is 1. The number of benzene rings is 1. The molecule has 2 aromatic rings. The quantitative estimate of drug-likeness (QED) is 0.647. The van der Waals surface area contributed by atoms with Crippen LogP contribution in [-0.2, 0) is 0 Å². The zero-order valence-electron chi connectivity index (χ0n) is 10.5. The summed E-state index contributed by atoms with van der Waals surface area (Å²) in [4.78, 5) is 10.6. The number of hydrogen-bond donors (Lipinski definition) is 1. The molecule has 1 N–H and O–H groups in total. The van der Waals surface area contributed by atoms with Gasteiger partial charge in [0, 0.05) is 5.75 Å². The molecular weight excluding hydrogens is 264 g/mol. The number of furan rings is 1.